The Balaban J connectivity index is 1.86. The van der Waals surface area contributed by atoms with E-state index in [2.05, 4.69) is 5.32 Å². The van der Waals surface area contributed by atoms with Gasteiger partial charge in [-0.05, 0) is 25.0 Å². The van der Waals surface area contributed by atoms with E-state index in [9.17, 15) is 13.6 Å². The van der Waals surface area contributed by atoms with Crippen molar-refractivity contribution >= 4 is 5.91 Å². The van der Waals surface area contributed by atoms with E-state index in [1.165, 1.54) is 18.2 Å². The van der Waals surface area contributed by atoms with Crippen molar-refractivity contribution in [3.8, 4) is 0 Å². The topological polar surface area (TPSA) is 32.3 Å². The fraction of sp³-hybridized carbons (Fsp3) is 0.500. The van der Waals surface area contributed by atoms with Crippen molar-refractivity contribution < 1.29 is 13.6 Å². The zero-order chi connectivity index (χ0) is 13.8. The monoisotopic (exact) mass is 268 g/mol. The smallest absolute Gasteiger partial charge is 0.219 e. The molecule has 0 saturated carbocycles. The highest BCUT2D eigenvalue weighted by molar-refractivity contribution is 5.73. The van der Waals surface area contributed by atoms with Crippen molar-refractivity contribution in [1.82, 2.24) is 10.2 Å². The summed E-state index contributed by atoms with van der Waals surface area (Å²) in [4.78, 5) is 13.0. The van der Waals surface area contributed by atoms with Gasteiger partial charge in [0.2, 0.25) is 5.91 Å². The number of carbonyl (C=O) groups is 1. The number of nitrogens with one attached hydrogen (secondary N) is 1. The number of hydrogen-bond acceptors (Lipinski definition) is 2. The van der Waals surface area contributed by atoms with Crippen LogP contribution in [0.5, 0.6) is 0 Å². The molecular formula is C14H18F2N2O. The lowest BCUT2D eigenvalue weighted by Crippen LogP contribution is -2.44. The van der Waals surface area contributed by atoms with E-state index in [1.54, 1.807) is 11.8 Å². The lowest BCUT2D eigenvalue weighted by atomic mass is 10.0. The molecule has 19 heavy (non-hydrogen) atoms. The quantitative estimate of drug-likeness (QED) is 0.910. The molecule has 1 amide bonds. The predicted octanol–water partition coefficient (Wildman–Crippen LogP) is 2.07. The number of piperidine rings is 1. The summed E-state index contributed by atoms with van der Waals surface area (Å²) in [5.74, 6) is -0.957. The van der Waals surface area contributed by atoms with Crippen LogP contribution in [0.15, 0.2) is 18.2 Å². The van der Waals surface area contributed by atoms with Crippen LogP contribution in [0.2, 0.25) is 0 Å². The summed E-state index contributed by atoms with van der Waals surface area (Å²) >= 11 is 0. The Morgan fingerprint density at radius 3 is 2.42 bits per heavy atom. The molecule has 1 aromatic rings. The molecule has 1 fully saturated rings. The van der Waals surface area contributed by atoms with Crippen LogP contribution < -0.4 is 5.32 Å². The second-order valence-electron chi connectivity index (χ2n) is 4.86. The third-order valence-corrected chi connectivity index (χ3v) is 3.57. The number of halogens is 2. The van der Waals surface area contributed by atoms with Gasteiger partial charge in [0.1, 0.15) is 11.6 Å². The molecule has 1 aliphatic heterocycles. The van der Waals surface area contributed by atoms with Gasteiger partial charge >= 0.3 is 0 Å². The number of nitrogens with zero attached hydrogens (tertiary/aromatic N) is 1. The summed E-state index contributed by atoms with van der Waals surface area (Å²) in [7, 11) is 0. The highest BCUT2D eigenvalue weighted by Crippen LogP contribution is 2.14. The molecule has 1 aromatic carbocycles. The summed E-state index contributed by atoms with van der Waals surface area (Å²) in [5, 5.41) is 3.16. The Morgan fingerprint density at radius 2 is 1.89 bits per heavy atom. The van der Waals surface area contributed by atoms with E-state index in [4.69, 9.17) is 0 Å². The molecule has 0 aliphatic carbocycles. The maximum absolute atomic E-state index is 13.4. The molecule has 0 unspecified atom stereocenters. The zero-order valence-corrected chi connectivity index (χ0v) is 11.0. The standard InChI is InChI=1S/C14H18F2N2O/c1-10(19)18-7-5-11(6-8-18)17-9-12-13(15)3-2-4-14(12)16/h2-4,11,17H,5-9H2,1H3. The minimum Gasteiger partial charge on any atom is -0.343 e. The maximum atomic E-state index is 13.4. The molecule has 0 atom stereocenters. The van der Waals surface area contributed by atoms with Crippen LogP contribution in [0.3, 0.4) is 0 Å². The minimum atomic E-state index is -0.520. The average Bonchev–Trinajstić information content (AvgIpc) is 2.38. The lowest BCUT2D eigenvalue weighted by molar-refractivity contribution is -0.129. The van der Waals surface area contributed by atoms with Gasteiger partial charge in [-0.3, -0.25) is 4.79 Å². The fourth-order valence-electron chi connectivity index (χ4n) is 2.35. The molecule has 0 spiro atoms. The van der Waals surface area contributed by atoms with Gasteiger partial charge in [-0.2, -0.15) is 0 Å². The van der Waals surface area contributed by atoms with E-state index in [0.717, 1.165) is 12.8 Å². The normalized spacial score (nSPS) is 16.7. The van der Waals surface area contributed by atoms with Gasteiger partial charge in [-0.1, -0.05) is 6.07 Å². The molecule has 5 heteroatoms. The first kappa shape index (κ1) is 13.9. The van der Waals surface area contributed by atoms with E-state index in [1.807, 2.05) is 0 Å². The van der Waals surface area contributed by atoms with Crippen LogP contribution in [0, 0.1) is 11.6 Å². The SMILES string of the molecule is CC(=O)N1CCC(NCc2c(F)cccc2F)CC1. The summed E-state index contributed by atoms with van der Waals surface area (Å²) < 4.78 is 26.9. The number of carbonyl (C=O) groups excluding carboxylic acids is 1. The molecule has 1 saturated heterocycles. The first-order valence-corrected chi connectivity index (χ1v) is 6.49. The maximum Gasteiger partial charge on any atom is 0.219 e. The van der Waals surface area contributed by atoms with Crippen LogP contribution in [-0.2, 0) is 11.3 Å². The highest BCUT2D eigenvalue weighted by Gasteiger charge is 2.20. The van der Waals surface area contributed by atoms with Crippen LogP contribution in [0.4, 0.5) is 8.78 Å². The second-order valence-corrected chi connectivity index (χ2v) is 4.86. The fourth-order valence-corrected chi connectivity index (χ4v) is 2.35. The van der Waals surface area contributed by atoms with Crippen molar-refractivity contribution in [3.05, 3.63) is 35.4 Å². The van der Waals surface area contributed by atoms with Crippen molar-refractivity contribution in [3.63, 3.8) is 0 Å². The van der Waals surface area contributed by atoms with Gasteiger partial charge in [-0.15, -0.1) is 0 Å². The predicted molar refractivity (Wildman–Crippen MR) is 68.5 cm³/mol. The molecule has 104 valence electrons. The van der Waals surface area contributed by atoms with E-state index < -0.39 is 11.6 Å². The second kappa shape index (κ2) is 6.10. The van der Waals surface area contributed by atoms with Gasteiger partial charge in [0.15, 0.2) is 0 Å². The molecule has 1 aliphatic rings. The van der Waals surface area contributed by atoms with Gasteiger partial charge in [0.25, 0.3) is 0 Å². The molecule has 0 bridgehead atoms. The summed E-state index contributed by atoms with van der Waals surface area (Å²) in [6, 6.07) is 4.09. The Hall–Kier alpha value is -1.49. The van der Waals surface area contributed by atoms with Crippen molar-refractivity contribution in [1.29, 1.82) is 0 Å². The molecule has 3 nitrogen and oxygen atoms in total. The summed E-state index contributed by atoms with van der Waals surface area (Å²) in [6.45, 7) is 3.14. The third-order valence-electron chi connectivity index (χ3n) is 3.57. The lowest BCUT2D eigenvalue weighted by Gasteiger charge is -2.31. The van der Waals surface area contributed by atoms with Crippen LogP contribution in [0.25, 0.3) is 0 Å². The van der Waals surface area contributed by atoms with Crippen LogP contribution in [0.1, 0.15) is 25.3 Å². The van der Waals surface area contributed by atoms with E-state index in [-0.39, 0.29) is 24.1 Å². The average molecular weight is 268 g/mol. The number of hydrogen-bond donors (Lipinski definition) is 1. The minimum absolute atomic E-state index is 0.0801. The van der Waals surface area contributed by atoms with Crippen molar-refractivity contribution in [2.24, 2.45) is 0 Å². The molecule has 0 radical (unpaired) electrons. The van der Waals surface area contributed by atoms with Crippen LogP contribution in [-0.4, -0.2) is 29.9 Å². The van der Waals surface area contributed by atoms with Gasteiger partial charge in [0, 0.05) is 38.2 Å². The summed E-state index contributed by atoms with van der Waals surface area (Å²) in [5.41, 5.74) is 0.0801. The Bertz CT molecular complexity index is 437. The molecule has 1 heterocycles. The number of rotatable bonds is 3. The van der Waals surface area contributed by atoms with Crippen LogP contribution >= 0.6 is 0 Å². The molecule has 0 aromatic heterocycles. The zero-order valence-electron chi connectivity index (χ0n) is 11.0. The Kier molecular flexibility index (Phi) is 4.47. The first-order chi connectivity index (χ1) is 9.08. The number of amides is 1. The largest absolute Gasteiger partial charge is 0.343 e. The third kappa shape index (κ3) is 3.50. The van der Waals surface area contributed by atoms with Gasteiger partial charge in [0.05, 0.1) is 0 Å². The van der Waals surface area contributed by atoms with Gasteiger partial charge < -0.3 is 10.2 Å². The van der Waals surface area contributed by atoms with E-state index in [0.29, 0.717) is 13.1 Å². The number of likely N-dealkylation sites (tertiary alicyclic amines) is 1. The molecule has 1 N–H and O–H groups in total. The number of benzene rings is 1. The Morgan fingerprint density at radius 1 is 1.32 bits per heavy atom. The first-order valence-electron chi connectivity index (χ1n) is 6.49. The van der Waals surface area contributed by atoms with Crippen molar-refractivity contribution in [2.75, 3.05) is 13.1 Å². The van der Waals surface area contributed by atoms with E-state index >= 15 is 0 Å². The molecular weight excluding hydrogens is 250 g/mol. The van der Waals surface area contributed by atoms with Crippen molar-refractivity contribution in [2.45, 2.75) is 32.4 Å². The van der Waals surface area contributed by atoms with Gasteiger partial charge in [-0.25, -0.2) is 8.78 Å². The Labute approximate surface area is 111 Å². The molecule has 2 rings (SSSR count). The highest BCUT2D eigenvalue weighted by atomic mass is 19.1. The summed E-state index contributed by atoms with van der Waals surface area (Å²) in [6.07, 6.45) is 1.63.